The molecule has 0 unspecified atom stereocenters. The Morgan fingerprint density at radius 2 is 0.909 bits per heavy atom. The molecule has 0 atom stereocenters. The third kappa shape index (κ3) is 6.29. The summed E-state index contributed by atoms with van der Waals surface area (Å²) in [4.78, 5) is 18.1. The van der Waals surface area contributed by atoms with E-state index in [-0.39, 0.29) is 5.28 Å². The molecule has 11 rings (SSSR count). The normalized spacial score (nSPS) is 11.3. The molecule has 5 heterocycles. The monoisotopic (exact) mass is 787 g/mol. The molecule has 5 aromatic heterocycles. The van der Waals surface area contributed by atoms with Crippen molar-refractivity contribution in [2.75, 3.05) is 0 Å². The topological polar surface area (TPSA) is 56.5 Å². The SMILES string of the molecule is CC.Clc1nc(-c2ccc3c(c2)c2ccccc2n3-c2ccccc2)c2sc3ccccc3c2n1.Clc1nc(-c2ccccc2)c2sc3ccccc3c2n1. The predicted octanol–water partition coefficient (Wildman–Crippen LogP) is 14.5. The Kier molecular flexibility index (Phi) is 9.46. The Balaban J connectivity index is 0.000000154. The second kappa shape index (κ2) is 14.9. The molecule has 0 spiro atoms. The van der Waals surface area contributed by atoms with E-state index in [0.717, 1.165) is 59.4 Å². The molecule has 0 saturated heterocycles. The van der Waals surface area contributed by atoms with Crippen LogP contribution in [0.15, 0.2) is 152 Å². The standard InChI is InChI=1S/C28H16ClN3S.C16H9ClN2S.C2H6/c29-28-30-25(27-26(31-28)20-11-5-7-13-24(20)33-27)17-14-15-23-21(16-17)19-10-4-6-12-22(19)32(23)18-8-2-1-3-9-18;17-16-18-13(10-6-2-1-3-7-10)15-14(19-16)11-8-4-5-9-12(11)20-15;1-2/h1-16H;1-9H;1-2H3. The van der Waals surface area contributed by atoms with E-state index in [1.807, 2.05) is 68.4 Å². The van der Waals surface area contributed by atoms with Gasteiger partial charge in [0.1, 0.15) is 0 Å². The first kappa shape index (κ1) is 35.0. The van der Waals surface area contributed by atoms with Gasteiger partial charge in [-0.2, -0.15) is 0 Å². The van der Waals surface area contributed by atoms with Crippen molar-refractivity contribution in [3.63, 3.8) is 0 Å². The van der Waals surface area contributed by atoms with Crippen LogP contribution in [0.3, 0.4) is 0 Å². The summed E-state index contributed by atoms with van der Waals surface area (Å²) >= 11 is 15.9. The van der Waals surface area contributed by atoms with E-state index < -0.39 is 0 Å². The maximum absolute atomic E-state index is 6.41. The fourth-order valence-electron chi connectivity index (χ4n) is 7.09. The van der Waals surface area contributed by atoms with Gasteiger partial charge >= 0.3 is 0 Å². The fourth-order valence-corrected chi connectivity index (χ4v) is 9.74. The van der Waals surface area contributed by atoms with Crippen LogP contribution in [0.25, 0.3) is 90.6 Å². The second-order valence-electron chi connectivity index (χ2n) is 12.5. The molecule has 0 aliphatic carbocycles. The van der Waals surface area contributed by atoms with Crippen molar-refractivity contribution in [3.8, 4) is 28.2 Å². The number of aromatic nitrogens is 5. The first-order valence-corrected chi connectivity index (χ1v) is 20.3. The molecular formula is C46H31Cl2N5S2. The number of hydrogen-bond donors (Lipinski definition) is 0. The molecule has 5 nitrogen and oxygen atoms in total. The van der Waals surface area contributed by atoms with Gasteiger partial charge in [-0.1, -0.05) is 123 Å². The molecule has 6 aromatic carbocycles. The summed E-state index contributed by atoms with van der Waals surface area (Å²) in [5, 5.41) is 5.22. The Hall–Kier alpha value is -5.70. The lowest BCUT2D eigenvalue weighted by Gasteiger charge is -2.08. The van der Waals surface area contributed by atoms with Crippen LogP contribution in [-0.4, -0.2) is 24.5 Å². The molecule has 0 amide bonds. The maximum atomic E-state index is 6.41. The van der Waals surface area contributed by atoms with Crippen molar-refractivity contribution in [1.29, 1.82) is 0 Å². The number of halogens is 2. The van der Waals surface area contributed by atoms with Gasteiger partial charge < -0.3 is 4.57 Å². The Labute approximate surface area is 335 Å². The van der Waals surface area contributed by atoms with Gasteiger partial charge in [-0.25, -0.2) is 19.9 Å². The molecule has 0 aliphatic heterocycles. The maximum Gasteiger partial charge on any atom is 0.223 e. The lowest BCUT2D eigenvalue weighted by molar-refractivity contribution is 1.18. The summed E-state index contributed by atoms with van der Waals surface area (Å²) < 4.78 is 6.85. The van der Waals surface area contributed by atoms with Crippen molar-refractivity contribution in [2.45, 2.75) is 13.8 Å². The van der Waals surface area contributed by atoms with Crippen molar-refractivity contribution in [3.05, 3.63) is 162 Å². The molecule has 0 aliphatic rings. The van der Waals surface area contributed by atoms with Crippen LogP contribution in [-0.2, 0) is 0 Å². The summed E-state index contributed by atoms with van der Waals surface area (Å²) in [6.45, 7) is 4.00. The first-order chi connectivity index (χ1) is 27.1. The van der Waals surface area contributed by atoms with E-state index >= 15 is 0 Å². The van der Waals surface area contributed by atoms with Gasteiger partial charge in [0.05, 0.1) is 42.9 Å². The van der Waals surface area contributed by atoms with Gasteiger partial charge in [-0.05, 0) is 65.7 Å². The molecule has 0 fully saturated rings. The molecule has 0 radical (unpaired) electrons. The van der Waals surface area contributed by atoms with E-state index in [1.54, 1.807) is 22.7 Å². The van der Waals surface area contributed by atoms with Crippen LogP contribution in [0, 0.1) is 0 Å². The number of hydrogen-bond acceptors (Lipinski definition) is 6. The highest BCUT2D eigenvalue weighted by Gasteiger charge is 2.18. The minimum atomic E-state index is 0.271. The van der Waals surface area contributed by atoms with Crippen LogP contribution in [0.5, 0.6) is 0 Å². The fraction of sp³-hybridized carbons (Fsp3) is 0.0435. The van der Waals surface area contributed by atoms with E-state index in [0.29, 0.717) is 5.28 Å². The van der Waals surface area contributed by atoms with Gasteiger partial charge in [-0.15, -0.1) is 22.7 Å². The largest absolute Gasteiger partial charge is 0.309 e. The summed E-state index contributed by atoms with van der Waals surface area (Å²) in [7, 11) is 0. The number of thiophene rings is 2. The quantitative estimate of drug-likeness (QED) is 0.167. The van der Waals surface area contributed by atoms with Gasteiger partial charge in [-0.3, -0.25) is 0 Å². The zero-order chi connectivity index (χ0) is 37.5. The first-order valence-electron chi connectivity index (χ1n) is 17.9. The van der Waals surface area contributed by atoms with E-state index in [4.69, 9.17) is 23.2 Å². The van der Waals surface area contributed by atoms with Crippen LogP contribution < -0.4 is 0 Å². The smallest absolute Gasteiger partial charge is 0.223 e. The predicted molar refractivity (Wildman–Crippen MR) is 236 cm³/mol. The summed E-state index contributed by atoms with van der Waals surface area (Å²) in [6, 6.07) is 52.2. The summed E-state index contributed by atoms with van der Waals surface area (Å²) in [5.74, 6) is 0. The van der Waals surface area contributed by atoms with Gasteiger partial charge in [0.2, 0.25) is 10.6 Å². The summed E-state index contributed by atoms with van der Waals surface area (Å²) in [5.41, 5.74) is 9.23. The number of fused-ring (bicyclic) bond motifs is 9. The number of nitrogens with zero attached hydrogens (tertiary/aromatic N) is 5. The lowest BCUT2D eigenvalue weighted by Crippen LogP contribution is -1.93. The number of benzene rings is 6. The zero-order valence-corrected chi connectivity index (χ0v) is 32.9. The highest BCUT2D eigenvalue weighted by molar-refractivity contribution is 7.26. The number of rotatable bonds is 3. The van der Waals surface area contributed by atoms with E-state index in [9.17, 15) is 0 Å². The van der Waals surface area contributed by atoms with Gasteiger partial charge in [0.15, 0.2) is 0 Å². The third-order valence-electron chi connectivity index (χ3n) is 9.39. The molecule has 55 heavy (non-hydrogen) atoms. The molecule has 9 heteroatoms. The third-order valence-corrected chi connectivity index (χ3v) is 12.1. The van der Waals surface area contributed by atoms with Crippen LogP contribution >= 0.6 is 45.9 Å². The van der Waals surface area contributed by atoms with Crippen molar-refractivity contribution in [2.24, 2.45) is 0 Å². The zero-order valence-electron chi connectivity index (χ0n) is 29.7. The molecule has 0 N–H and O–H groups in total. The average Bonchev–Trinajstić information content (AvgIpc) is 3.91. The molecule has 11 aromatic rings. The highest BCUT2D eigenvalue weighted by Crippen LogP contribution is 2.41. The Bertz CT molecular complexity index is 3150. The van der Waals surface area contributed by atoms with Gasteiger partial charge in [0.25, 0.3) is 0 Å². The Morgan fingerprint density at radius 3 is 1.51 bits per heavy atom. The molecular weight excluding hydrogens is 758 g/mol. The van der Waals surface area contributed by atoms with E-state index in [2.05, 4.69) is 122 Å². The van der Waals surface area contributed by atoms with Crippen LogP contribution in [0.1, 0.15) is 13.8 Å². The number of para-hydroxylation sites is 2. The van der Waals surface area contributed by atoms with Gasteiger partial charge in [0, 0.05) is 47.8 Å². The van der Waals surface area contributed by atoms with Crippen LogP contribution in [0.2, 0.25) is 10.6 Å². The van der Waals surface area contributed by atoms with Crippen molar-refractivity contribution in [1.82, 2.24) is 24.5 Å². The minimum Gasteiger partial charge on any atom is -0.309 e. The molecule has 0 saturated carbocycles. The Morgan fingerprint density at radius 1 is 0.436 bits per heavy atom. The molecule has 266 valence electrons. The van der Waals surface area contributed by atoms with Crippen LogP contribution in [0.4, 0.5) is 0 Å². The average molecular weight is 789 g/mol. The van der Waals surface area contributed by atoms with Crippen molar-refractivity contribution >= 4 is 108 Å². The highest BCUT2D eigenvalue weighted by atomic mass is 35.5. The van der Waals surface area contributed by atoms with Crippen molar-refractivity contribution < 1.29 is 0 Å². The van der Waals surface area contributed by atoms with E-state index in [1.165, 1.54) is 31.2 Å². The molecule has 0 bridgehead atoms. The summed E-state index contributed by atoms with van der Waals surface area (Å²) in [6.07, 6.45) is 0. The lowest BCUT2D eigenvalue weighted by atomic mass is 10.1. The minimum absolute atomic E-state index is 0.271. The second-order valence-corrected chi connectivity index (χ2v) is 15.3.